The smallest absolute Gasteiger partial charge is 0.374 e. The zero-order valence-electron chi connectivity index (χ0n) is 8.87. The van der Waals surface area contributed by atoms with Crippen molar-refractivity contribution in [3.05, 3.63) is 0 Å². The van der Waals surface area contributed by atoms with E-state index in [1.165, 1.54) is 0 Å². The molecule has 0 saturated heterocycles. The third-order valence-electron chi connectivity index (χ3n) is 3.61. The van der Waals surface area contributed by atoms with Crippen molar-refractivity contribution < 1.29 is 14.3 Å². The molecule has 3 nitrogen and oxygen atoms in total. The second kappa shape index (κ2) is 2.81. The number of ether oxygens (including phenoxy) is 1. The summed E-state index contributed by atoms with van der Waals surface area (Å²) >= 11 is 0. The van der Waals surface area contributed by atoms with E-state index in [4.69, 9.17) is 4.74 Å². The summed E-state index contributed by atoms with van der Waals surface area (Å²) in [6.45, 7) is 6.33. The third kappa shape index (κ3) is 1.18. The molecular formula is C11H16O3. The fourth-order valence-corrected chi connectivity index (χ4v) is 2.97. The number of hydrogen-bond acceptors (Lipinski definition) is 3. The number of carbonyl (C=O) groups is 2. The summed E-state index contributed by atoms with van der Waals surface area (Å²) in [6.07, 6.45) is 1.08. The van der Waals surface area contributed by atoms with Crippen molar-refractivity contribution in [3.8, 4) is 0 Å². The second-order valence-electron chi connectivity index (χ2n) is 4.99. The molecule has 0 aromatic carbocycles. The van der Waals surface area contributed by atoms with Gasteiger partial charge in [0.05, 0.1) is 6.61 Å². The Bertz CT molecular complexity index is 293. The number of ketones is 1. The molecule has 0 heterocycles. The Kier molecular flexibility index (Phi) is 1.95. The molecule has 2 aliphatic carbocycles. The monoisotopic (exact) mass is 196 g/mol. The van der Waals surface area contributed by atoms with E-state index in [9.17, 15) is 9.59 Å². The Morgan fingerprint density at radius 2 is 2.07 bits per heavy atom. The van der Waals surface area contributed by atoms with Gasteiger partial charge in [0.15, 0.2) is 0 Å². The number of esters is 1. The van der Waals surface area contributed by atoms with Crippen LogP contribution in [0.5, 0.6) is 0 Å². The lowest BCUT2D eigenvalue weighted by Gasteiger charge is -2.32. The van der Waals surface area contributed by atoms with Crippen LogP contribution in [0, 0.1) is 23.2 Å². The second-order valence-corrected chi connectivity index (χ2v) is 4.99. The summed E-state index contributed by atoms with van der Waals surface area (Å²) < 4.78 is 4.71. The molecule has 2 fully saturated rings. The standard InChI is InChI=1S/C11H16O3/c1-4-14-10(13)9(12)7-6-5-11(2,3)8(6)7/h6-8H,4-5H2,1-3H3. The molecule has 78 valence electrons. The molecule has 3 atom stereocenters. The first-order chi connectivity index (χ1) is 6.49. The molecule has 0 amide bonds. The van der Waals surface area contributed by atoms with E-state index in [1.54, 1.807) is 6.92 Å². The maximum Gasteiger partial charge on any atom is 0.374 e. The van der Waals surface area contributed by atoms with E-state index in [0.29, 0.717) is 11.8 Å². The Labute approximate surface area is 83.8 Å². The molecule has 2 saturated carbocycles. The van der Waals surface area contributed by atoms with E-state index in [2.05, 4.69) is 13.8 Å². The van der Waals surface area contributed by atoms with Crippen LogP contribution >= 0.6 is 0 Å². The van der Waals surface area contributed by atoms with Gasteiger partial charge < -0.3 is 4.74 Å². The molecule has 3 unspecified atom stereocenters. The number of Topliss-reactive ketones (excluding diaryl/α,β-unsaturated/α-hetero) is 1. The van der Waals surface area contributed by atoms with Crippen LogP contribution in [0.15, 0.2) is 0 Å². The number of carbonyl (C=O) groups excluding carboxylic acids is 2. The van der Waals surface area contributed by atoms with Gasteiger partial charge in [-0.3, -0.25) is 4.79 Å². The van der Waals surface area contributed by atoms with Crippen molar-refractivity contribution in [2.45, 2.75) is 27.2 Å². The predicted molar refractivity (Wildman–Crippen MR) is 50.5 cm³/mol. The van der Waals surface area contributed by atoms with Gasteiger partial charge in [0, 0.05) is 5.92 Å². The highest BCUT2D eigenvalue weighted by molar-refractivity contribution is 6.35. The van der Waals surface area contributed by atoms with Gasteiger partial charge in [0.2, 0.25) is 5.78 Å². The highest BCUT2D eigenvalue weighted by atomic mass is 16.5. The number of rotatable bonds is 3. The molecule has 0 spiro atoms. The highest BCUT2D eigenvalue weighted by Gasteiger charge is 2.70. The Balaban J connectivity index is 1.94. The summed E-state index contributed by atoms with van der Waals surface area (Å²) in [4.78, 5) is 22.8. The summed E-state index contributed by atoms with van der Waals surface area (Å²) in [5, 5.41) is 0. The van der Waals surface area contributed by atoms with Crippen LogP contribution in [0.2, 0.25) is 0 Å². The summed E-state index contributed by atoms with van der Waals surface area (Å²) in [5.41, 5.74) is 0.261. The lowest BCUT2D eigenvalue weighted by molar-refractivity contribution is -0.154. The Morgan fingerprint density at radius 1 is 1.43 bits per heavy atom. The zero-order valence-corrected chi connectivity index (χ0v) is 8.87. The van der Waals surface area contributed by atoms with Crippen LogP contribution in [0.1, 0.15) is 27.2 Å². The number of fused-ring (bicyclic) bond motifs is 1. The minimum Gasteiger partial charge on any atom is -0.460 e. The average Bonchev–Trinajstić information content (AvgIpc) is 2.73. The molecule has 14 heavy (non-hydrogen) atoms. The molecule has 0 aromatic rings. The SMILES string of the molecule is CCOC(=O)C(=O)C1C2CC(C)(C)C21. The van der Waals surface area contributed by atoms with E-state index in [1.807, 2.05) is 0 Å². The lowest BCUT2D eigenvalue weighted by Crippen LogP contribution is -2.25. The van der Waals surface area contributed by atoms with E-state index in [-0.39, 0.29) is 23.7 Å². The quantitative estimate of drug-likeness (QED) is 0.506. The maximum absolute atomic E-state index is 11.6. The predicted octanol–water partition coefficient (Wildman–Crippen LogP) is 1.41. The zero-order chi connectivity index (χ0) is 10.5. The largest absolute Gasteiger partial charge is 0.460 e. The average molecular weight is 196 g/mol. The molecular weight excluding hydrogens is 180 g/mol. The lowest BCUT2D eigenvalue weighted by atomic mass is 9.72. The van der Waals surface area contributed by atoms with Gasteiger partial charge in [-0.05, 0) is 30.6 Å². The van der Waals surface area contributed by atoms with Crippen LogP contribution in [-0.4, -0.2) is 18.4 Å². The fraction of sp³-hybridized carbons (Fsp3) is 0.818. The van der Waals surface area contributed by atoms with E-state index >= 15 is 0 Å². The molecule has 0 bridgehead atoms. The van der Waals surface area contributed by atoms with Crippen molar-refractivity contribution >= 4 is 11.8 Å². The van der Waals surface area contributed by atoms with Crippen LogP contribution in [-0.2, 0) is 14.3 Å². The van der Waals surface area contributed by atoms with Gasteiger partial charge in [0.1, 0.15) is 0 Å². The topological polar surface area (TPSA) is 43.4 Å². The van der Waals surface area contributed by atoms with Gasteiger partial charge in [-0.2, -0.15) is 0 Å². The van der Waals surface area contributed by atoms with Crippen molar-refractivity contribution in [1.29, 1.82) is 0 Å². The fourth-order valence-electron chi connectivity index (χ4n) is 2.97. The Morgan fingerprint density at radius 3 is 2.43 bits per heavy atom. The first kappa shape index (κ1) is 9.69. The van der Waals surface area contributed by atoms with Gasteiger partial charge in [0.25, 0.3) is 0 Å². The molecule has 0 aliphatic heterocycles. The molecule has 0 radical (unpaired) electrons. The van der Waals surface area contributed by atoms with Crippen LogP contribution in [0.3, 0.4) is 0 Å². The first-order valence-electron chi connectivity index (χ1n) is 5.20. The van der Waals surface area contributed by atoms with Gasteiger partial charge in [-0.25, -0.2) is 4.79 Å². The third-order valence-corrected chi connectivity index (χ3v) is 3.61. The van der Waals surface area contributed by atoms with E-state index in [0.717, 1.165) is 6.42 Å². The van der Waals surface area contributed by atoms with Crippen molar-refractivity contribution in [2.75, 3.05) is 6.61 Å². The minimum atomic E-state index is -0.636. The van der Waals surface area contributed by atoms with Crippen molar-refractivity contribution in [1.82, 2.24) is 0 Å². The van der Waals surface area contributed by atoms with Crippen LogP contribution in [0.4, 0.5) is 0 Å². The maximum atomic E-state index is 11.6. The molecule has 2 rings (SSSR count). The molecule has 0 N–H and O–H groups in total. The molecule has 2 aliphatic rings. The van der Waals surface area contributed by atoms with Crippen LogP contribution < -0.4 is 0 Å². The molecule has 3 heteroatoms. The number of hydrogen-bond donors (Lipinski definition) is 0. The normalized spacial score (nSPS) is 36.6. The molecule has 0 aromatic heterocycles. The highest BCUT2D eigenvalue weighted by Crippen LogP contribution is 2.71. The minimum absolute atomic E-state index is 0.0240. The first-order valence-corrected chi connectivity index (χ1v) is 5.20. The Hall–Kier alpha value is -0.860. The summed E-state index contributed by atoms with van der Waals surface area (Å²) in [6, 6.07) is 0. The van der Waals surface area contributed by atoms with Crippen molar-refractivity contribution in [2.24, 2.45) is 23.2 Å². The van der Waals surface area contributed by atoms with E-state index < -0.39 is 5.97 Å². The van der Waals surface area contributed by atoms with Gasteiger partial charge in [-0.1, -0.05) is 13.8 Å². The summed E-state index contributed by atoms with van der Waals surface area (Å²) in [5.74, 6) is -0.0412. The van der Waals surface area contributed by atoms with Crippen LogP contribution in [0.25, 0.3) is 0 Å². The van der Waals surface area contributed by atoms with Crippen molar-refractivity contribution in [3.63, 3.8) is 0 Å². The van der Waals surface area contributed by atoms with Gasteiger partial charge in [-0.15, -0.1) is 0 Å². The summed E-state index contributed by atoms with van der Waals surface area (Å²) in [7, 11) is 0. The van der Waals surface area contributed by atoms with Gasteiger partial charge >= 0.3 is 5.97 Å².